The maximum absolute atomic E-state index is 13.0. The van der Waals surface area contributed by atoms with Gasteiger partial charge in [0.15, 0.2) is 5.82 Å². The molecule has 302 valence electrons. The van der Waals surface area contributed by atoms with Crippen molar-refractivity contribution in [2.45, 2.75) is 148 Å². The first-order valence-electron chi connectivity index (χ1n) is 20.0. The van der Waals surface area contributed by atoms with Crippen molar-refractivity contribution in [3.8, 4) is 6.07 Å². The molecule has 0 saturated carbocycles. The Balaban J connectivity index is 1.35. The monoisotopic (exact) mass is 772 g/mol. The average Bonchev–Trinajstić information content (AvgIpc) is 3.61. The van der Waals surface area contributed by atoms with Crippen LogP contribution in [0.1, 0.15) is 140 Å². The molecule has 13 nitrogen and oxygen atoms in total. The number of methoxy groups -OCH3 is 1. The first-order chi connectivity index (χ1) is 26.2. The summed E-state index contributed by atoms with van der Waals surface area (Å²) < 4.78 is 43.1. The van der Waals surface area contributed by atoms with E-state index in [4.69, 9.17) is 34.3 Å². The molecular formula is C40H65N6O7P. The quantitative estimate of drug-likeness (QED) is 0.0456. The largest absolute Gasteiger partial charge is 0.472 e. The van der Waals surface area contributed by atoms with Gasteiger partial charge in [0.05, 0.1) is 43.3 Å². The van der Waals surface area contributed by atoms with Crippen LogP contribution in [0.15, 0.2) is 36.8 Å². The van der Waals surface area contributed by atoms with Crippen LogP contribution in [0.2, 0.25) is 0 Å². The molecule has 3 rings (SSSR count). The molecular weight excluding hydrogens is 707 g/mol. The molecule has 3 aromatic rings. The zero-order valence-electron chi connectivity index (χ0n) is 33.0. The molecule has 0 spiro atoms. The zero-order valence-corrected chi connectivity index (χ0v) is 33.9. The highest BCUT2D eigenvalue weighted by Gasteiger charge is 2.31. The number of phosphoric ester groups is 1. The number of aryl methyl sites for hydroxylation is 1. The van der Waals surface area contributed by atoms with Gasteiger partial charge in [-0.15, -0.1) is 0 Å². The van der Waals surface area contributed by atoms with Crippen molar-refractivity contribution in [3.63, 3.8) is 0 Å². The van der Waals surface area contributed by atoms with Gasteiger partial charge in [0.1, 0.15) is 24.0 Å². The Morgan fingerprint density at radius 1 is 0.907 bits per heavy atom. The molecule has 0 aliphatic carbocycles. The van der Waals surface area contributed by atoms with Gasteiger partial charge in [-0.25, -0.2) is 14.1 Å². The highest BCUT2D eigenvalue weighted by Crippen LogP contribution is 2.44. The molecule has 1 unspecified atom stereocenters. The van der Waals surface area contributed by atoms with Gasteiger partial charge in [0.2, 0.25) is 0 Å². The third kappa shape index (κ3) is 18.1. The Labute approximate surface area is 322 Å². The summed E-state index contributed by atoms with van der Waals surface area (Å²) in [6, 6.07) is 9.17. The van der Waals surface area contributed by atoms with Crippen LogP contribution in [-0.2, 0) is 40.9 Å². The van der Waals surface area contributed by atoms with Crippen molar-refractivity contribution in [1.82, 2.24) is 19.6 Å². The van der Waals surface area contributed by atoms with Gasteiger partial charge >= 0.3 is 7.82 Å². The highest BCUT2D eigenvalue weighted by molar-refractivity contribution is 7.47. The first kappa shape index (κ1) is 45.4. The maximum Gasteiger partial charge on any atom is 0.472 e. The standard InChI is InChI=1S/C40H65N6O7P/c1-4-5-6-7-8-9-10-11-12-13-14-15-16-17-18-19-26-50-30-37(51-29-35-21-20-34(27-41)28-43-35)31-52-54(47,48)53-32-40(2,49-3)25-24-36-22-23-38-39(42)44-33-45-46(36)38/h20-23,28,33,37H,4-19,24-26,29-32H2,1-3H3,(H,47,48)(H2,42,44,45)/t37-,40-/m0/s1. The molecule has 0 aliphatic rings. The lowest BCUT2D eigenvalue weighted by Gasteiger charge is -2.29. The Hall–Kier alpha value is -2.95. The van der Waals surface area contributed by atoms with Crippen molar-refractivity contribution >= 4 is 19.2 Å². The number of pyridine rings is 1. The van der Waals surface area contributed by atoms with Gasteiger partial charge < -0.3 is 24.8 Å². The van der Waals surface area contributed by atoms with Crippen LogP contribution in [0, 0.1) is 11.3 Å². The minimum Gasteiger partial charge on any atom is -0.382 e. The van der Waals surface area contributed by atoms with Gasteiger partial charge in [-0.2, -0.15) is 10.4 Å². The predicted octanol–water partition coefficient (Wildman–Crippen LogP) is 8.91. The van der Waals surface area contributed by atoms with Crippen LogP contribution in [0.25, 0.3) is 5.52 Å². The number of rotatable bonds is 32. The Bertz CT molecular complexity index is 1540. The number of phosphoric acid groups is 1. The van der Waals surface area contributed by atoms with Crippen molar-refractivity contribution < 1.29 is 32.7 Å². The number of anilines is 1. The second kappa shape index (κ2) is 26.0. The van der Waals surface area contributed by atoms with E-state index in [-0.39, 0.29) is 26.4 Å². The lowest BCUT2D eigenvalue weighted by molar-refractivity contribution is -0.0620. The molecule has 0 aliphatic heterocycles. The summed E-state index contributed by atoms with van der Waals surface area (Å²) in [5.41, 5.74) is 7.72. The van der Waals surface area contributed by atoms with E-state index in [9.17, 15) is 9.46 Å². The average molecular weight is 773 g/mol. The maximum atomic E-state index is 13.0. The molecule has 0 saturated heterocycles. The number of nitriles is 1. The van der Waals surface area contributed by atoms with Crippen LogP contribution in [-0.4, -0.2) is 69.7 Å². The number of nitrogens with zero attached hydrogens (tertiary/aromatic N) is 5. The Morgan fingerprint density at radius 3 is 2.15 bits per heavy atom. The molecule has 3 atom stereocenters. The second-order valence-electron chi connectivity index (χ2n) is 14.4. The number of ether oxygens (including phenoxy) is 3. The summed E-state index contributed by atoms with van der Waals surface area (Å²) in [6.45, 7) is 4.50. The Morgan fingerprint density at radius 2 is 1.56 bits per heavy atom. The van der Waals surface area contributed by atoms with Gasteiger partial charge in [0, 0.05) is 25.6 Å². The smallest absolute Gasteiger partial charge is 0.382 e. The summed E-state index contributed by atoms with van der Waals surface area (Å²) in [5, 5.41) is 13.3. The van der Waals surface area contributed by atoms with E-state index in [1.165, 1.54) is 110 Å². The molecule has 0 fully saturated rings. The Kier molecular flexibility index (Phi) is 21.9. The van der Waals surface area contributed by atoms with Gasteiger partial charge in [0.25, 0.3) is 0 Å². The first-order valence-corrected chi connectivity index (χ1v) is 21.5. The molecule has 14 heteroatoms. The highest BCUT2D eigenvalue weighted by atomic mass is 31.2. The number of hydrogen-bond donors (Lipinski definition) is 2. The van der Waals surface area contributed by atoms with E-state index in [2.05, 4.69) is 22.0 Å². The summed E-state index contributed by atoms with van der Waals surface area (Å²) >= 11 is 0. The number of hydrogen-bond acceptors (Lipinski definition) is 11. The molecule has 54 heavy (non-hydrogen) atoms. The third-order valence-electron chi connectivity index (χ3n) is 9.79. The number of fused-ring (bicyclic) bond motifs is 1. The number of unbranched alkanes of at least 4 members (excludes halogenated alkanes) is 15. The summed E-state index contributed by atoms with van der Waals surface area (Å²) in [5.74, 6) is 0.383. The van der Waals surface area contributed by atoms with Gasteiger partial charge in [-0.3, -0.25) is 14.0 Å². The van der Waals surface area contributed by atoms with Crippen LogP contribution in [0.4, 0.5) is 5.82 Å². The van der Waals surface area contributed by atoms with E-state index in [1.54, 1.807) is 23.6 Å². The van der Waals surface area contributed by atoms with Crippen molar-refractivity contribution in [2.24, 2.45) is 0 Å². The molecule has 0 bridgehead atoms. The van der Waals surface area contributed by atoms with Gasteiger partial charge in [-0.05, 0) is 50.5 Å². The second-order valence-corrected chi connectivity index (χ2v) is 15.9. The molecule has 3 aromatic heterocycles. The summed E-state index contributed by atoms with van der Waals surface area (Å²) in [7, 11) is -2.95. The fraction of sp³-hybridized carbons (Fsp3) is 0.700. The number of nitrogen functional groups attached to an aromatic ring is 1. The van der Waals surface area contributed by atoms with Crippen LogP contribution < -0.4 is 5.73 Å². The molecule has 0 amide bonds. The van der Waals surface area contributed by atoms with E-state index in [1.807, 2.05) is 18.2 Å². The number of aromatic nitrogens is 4. The summed E-state index contributed by atoms with van der Waals surface area (Å²) in [6.07, 6.45) is 24.1. The van der Waals surface area contributed by atoms with Crippen molar-refractivity contribution in [2.75, 3.05) is 39.3 Å². The lowest BCUT2D eigenvalue weighted by atomic mass is 10.00. The zero-order chi connectivity index (χ0) is 38.9. The fourth-order valence-corrected chi connectivity index (χ4v) is 7.01. The van der Waals surface area contributed by atoms with E-state index < -0.39 is 19.5 Å². The fourth-order valence-electron chi connectivity index (χ4n) is 6.15. The minimum atomic E-state index is -4.48. The molecule has 0 aromatic carbocycles. The minimum absolute atomic E-state index is 0.117. The van der Waals surface area contributed by atoms with E-state index >= 15 is 0 Å². The topological polar surface area (TPSA) is 176 Å². The van der Waals surface area contributed by atoms with E-state index in [0.717, 1.165) is 18.5 Å². The summed E-state index contributed by atoms with van der Waals surface area (Å²) in [4.78, 5) is 18.9. The predicted molar refractivity (Wildman–Crippen MR) is 211 cm³/mol. The van der Waals surface area contributed by atoms with Crippen molar-refractivity contribution in [3.05, 3.63) is 53.7 Å². The lowest BCUT2D eigenvalue weighted by Crippen LogP contribution is -2.34. The molecule has 0 radical (unpaired) electrons. The van der Waals surface area contributed by atoms with Crippen molar-refractivity contribution in [1.29, 1.82) is 5.26 Å². The van der Waals surface area contributed by atoms with Crippen LogP contribution >= 0.6 is 7.82 Å². The SMILES string of the molecule is CCCCCCCCCCCCCCCCCCOC[C@@H](COP(=O)(O)OC[C@](C)(CCc1ccc2c(N)ncnn12)OC)OCc1ccc(C#N)cn1. The van der Waals surface area contributed by atoms with Crippen LogP contribution in [0.5, 0.6) is 0 Å². The molecule has 3 N–H and O–H groups in total. The number of nitrogens with two attached hydrogens (primary N) is 1. The van der Waals surface area contributed by atoms with E-state index in [0.29, 0.717) is 42.0 Å². The van der Waals surface area contributed by atoms with Crippen LogP contribution in [0.3, 0.4) is 0 Å². The third-order valence-corrected chi connectivity index (χ3v) is 10.7. The normalized spacial score (nSPS) is 14.5. The van der Waals surface area contributed by atoms with Gasteiger partial charge in [-0.1, -0.05) is 103 Å². The molecule has 3 heterocycles.